The van der Waals surface area contributed by atoms with Crippen LogP contribution < -0.4 is 10.1 Å². The van der Waals surface area contributed by atoms with Crippen LogP contribution in [0.2, 0.25) is 0 Å². The highest BCUT2D eigenvalue weighted by atomic mass is 19.4. The third kappa shape index (κ3) is 4.50. The molecule has 0 saturated heterocycles. The maximum atomic E-state index is 12.9. The molecular formula is C18H18F3NO2. The van der Waals surface area contributed by atoms with Gasteiger partial charge in [0, 0.05) is 0 Å². The first-order chi connectivity index (χ1) is 11.3. The number of ether oxygens (including phenoxy) is 1. The summed E-state index contributed by atoms with van der Waals surface area (Å²) in [4.78, 5) is 12.1. The Labute approximate surface area is 138 Å². The third-order valence-corrected chi connectivity index (χ3v) is 3.50. The normalized spacial score (nSPS) is 12.5. The number of carbonyl (C=O) groups is 1. The number of benzene rings is 2. The van der Waals surface area contributed by atoms with Gasteiger partial charge in [0.2, 0.25) is 0 Å². The SMILES string of the molecule is CCc1ccc(OC(C)C(=O)Nc2ccccc2C(F)(F)F)cc1. The Morgan fingerprint density at radius 1 is 1.12 bits per heavy atom. The van der Waals surface area contributed by atoms with Gasteiger partial charge in [0.25, 0.3) is 5.91 Å². The molecule has 0 radical (unpaired) electrons. The summed E-state index contributed by atoms with van der Waals surface area (Å²) in [6.45, 7) is 3.50. The number of amides is 1. The van der Waals surface area contributed by atoms with Gasteiger partial charge < -0.3 is 10.1 Å². The molecule has 1 amide bonds. The Balaban J connectivity index is 2.06. The van der Waals surface area contributed by atoms with Crippen molar-refractivity contribution in [1.29, 1.82) is 0 Å². The van der Waals surface area contributed by atoms with Crippen molar-refractivity contribution < 1.29 is 22.7 Å². The summed E-state index contributed by atoms with van der Waals surface area (Å²) in [5, 5.41) is 2.28. The Hall–Kier alpha value is -2.50. The van der Waals surface area contributed by atoms with Crippen molar-refractivity contribution in [3.63, 3.8) is 0 Å². The van der Waals surface area contributed by atoms with Crippen molar-refractivity contribution in [3.05, 3.63) is 59.7 Å². The van der Waals surface area contributed by atoms with Crippen molar-refractivity contribution >= 4 is 11.6 Å². The molecule has 2 aromatic carbocycles. The molecule has 0 fully saturated rings. The monoisotopic (exact) mass is 337 g/mol. The van der Waals surface area contributed by atoms with Crippen molar-refractivity contribution in [2.45, 2.75) is 32.5 Å². The topological polar surface area (TPSA) is 38.3 Å². The highest BCUT2D eigenvalue weighted by Gasteiger charge is 2.33. The molecule has 3 nitrogen and oxygen atoms in total. The van der Waals surface area contributed by atoms with Crippen LogP contribution in [0, 0.1) is 0 Å². The van der Waals surface area contributed by atoms with Crippen molar-refractivity contribution in [2.24, 2.45) is 0 Å². The highest BCUT2D eigenvalue weighted by molar-refractivity contribution is 5.94. The van der Waals surface area contributed by atoms with E-state index in [2.05, 4.69) is 5.32 Å². The minimum atomic E-state index is -4.54. The fourth-order valence-electron chi connectivity index (χ4n) is 2.14. The lowest BCUT2D eigenvalue weighted by Gasteiger charge is -2.17. The summed E-state index contributed by atoms with van der Waals surface area (Å²) < 4.78 is 44.3. The summed E-state index contributed by atoms with van der Waals surface area (Å²) >= 11 is 0. The van der Waals surface area contributed by atoms with Crippen LogP contribution in [0.1, 0.15) is 25.0 Å². The van der Waals surface area contributed by atoms with E-state index in [1.165, 1.54) is 25.1 Å². The second-order valence-corrected chi connectivity index (χ2v) is 5.29. The molecule has 0 saturated carbocycles. The van der Waals surface area contributed by atoms with Gasteiger partial charge in [-0.05, 0) is 43.2 Å². The largest absolute Gasteiger partial charge is 0.481 e. The van der Waals surface area contributed by atoms with Gasteiger partial charge in [-0.3, -0.25) is 4.79 Å². The Morgan fingerprint density at radius 3 is 2.33 bits per heavy atom. The molecule has 0 heterocycles. The maximum absolute atomic E-state index is 12.9. The number of halogens is 3. The minimum absolute atomic E-state index is 0.285. The van der Waals surface area contributed by atoms with Crippen LogP contribution in [-0.4, -0.2) is 12.0 Å². The summed E-state index contributed by atoms with van der Waals surface area (Å²) in [6, 6.07) is 12.0. The molecule has 0 aromatic heterocycles. The molecule has 1 unspecified atom stereocenters. The minimum Gasteiger partial charge on any atom is -0.481 e. The van der Waals surface area contributed by atoms with E-state index in [1.54, 1.807) is 12.1 Å². The van der Waals surface area contributed by atoms with Gasteiger partial charge in [0.05, 0.1) is 11.3 Å². The molecule has 0 aliphatic rings. The molecule has 1 N–H and O–H groups in total. The zero-order valence-electron chi connectivity index (χ0n) is 13.4. The first-order valence-electron chi connectivity index (χ1n) is 7.54. The van der Waals surface area contributed by atoms with E-state index in [0.29, 0.717) is 5.75 Å². The Morgan fingerprint density at radius 2 is 1.75 bits per heavy atom. The second-order valence-electron chi connectivity index (χ2n) is 5.29. The predicted molar refractivity (Wildman–Crippen MR) is 86.0 cm³/mol. The van der Waals surface area contributed by atoms with E-state index in [0.717, 1.165) is 18.1 Å². The highest BCUT2D eigenvalue weighted by Crippen LogP contribution is 2.34. The smallest absolute Gasteiger partial charge is 0.418 e. The van der Waals surface area contributed by atoms with Crippen LogP contribution in [0.5, 0.6) is 5.75 Å². The molecular weight excluding hydrogens is 319 g/mol. The fraction of sp³-hybridized carbons (Fsp3) is 0.278. The van der Waals surface area contributed by atoms with E-state index in [-0.39, 0.29) is 5.69 Å². The quantitative estimate of drug-likeness (QED) is 0.861. The zero-order chi connectivity index (χ0) is 17.7. The molecule has 6 heteroatoms. The molecule has 0 spiro atoms. The molecule has 0 bridgehead atoms. The van der Waals surface area contributed by atoms with Crippen LogP contribution in [0.3, 0.4) is 0 Å². The summed E-state index contributed by atoms with van der Waals surface area (Å²) in [5.41, 5.74) is -0.0526. The average Bonchev–Trinajstić information content (AvgIpc) is 2.55. The molecule has 24 heavy (non-hydrogen) atoms. The number of anilines is 1. The van der Waals surface area contributed by atoms with Gasteiger partial charge in [-0.25, -0.2) is 0 Å². The molecule has 0 aliphatic heterocycles. The molecule has 128 valence electrons. The van der Waals surface area contributed by atoms with Crippen LogP contribution in [0.25, 0.3) is 0 Å². The van der Waals surface area contributed by atoms with Gasteiger partial charge >= 0.3 is 6.18 Å². The number of hydrogen-bond acceptors (Lipinski definition) is 2. The molecule has 2 rings (SSSR count). The Kier molecular flexibility index (Phi) is 5.49. The van der Waals surface area contributed by atoms with Gasteiger partial charge in [-0.15, -0.1) is 0 Å². The summed E-state index contributed by atoms with van der Waals surface area (Å²) in [6.07, 6.45) is -4.59. The number of alkyl halides is 3. The van der Waals surface area contributed by atoms with Crippen molar-refractivity contribution in [2.75, 3.05) is 5.32 Å². The van der Waals surface area contributed by atoms with E-state index in [1.807, 2.05) is 19.1 Å². The van der Waals surface area contributed by atoms with Crippen LogP contribution >= 0.6 is 0 Å². The molecule has 1 atom stereocenters. The average molecular weight is 337 g/mol. The number of nitrogens with one attached hydrogen (secondary N) is 1. The molecule has 0 aliphatic carbocycles. The lowest BCUT2D eigenvalue weighted by molar-refractivity contribution is -0.137. The van der Waals surface area contributed by atoms with E-state index in [9.17, 15) is 18.0 Å². The standard InChI is InChI=1S/C18H18F3NO2/c1-3-13-8-10-14(11-9-13)24-12(2)17(23)22-16-7-5-4-6-15(16)18(19,20)21/h4-12H,3H2,1-2H3,(H,22,23). The lowest BCUT2D eigenvalue weighted by atomic mass is 10.1. The van der Waals surface area contributed by atoms with Crippen molar-refractivity contribution in [1.82, 2.24) is 0 Å². The first-order valence-corrected chi connectivity index (χ1v) is 7.54. The second kappa shape index (κ2) is 7.38. The van der Waals surface area contributed by atoms with Crippen molar-refractivity contribution in [3.8, 4) is 5.75 Å². The van der Waals surface area contributed by atoms with Gasteiger partial charge in [-0.2, -0.15) is 13.2 Å². The summed E-state index contributed by atoms with van der Waals surface area (Å²) in [5.74, 6) is -0.162. The number of hydrogen-bond donors (Lipinski definition) is 1. The Bertz CT molecular complexity index is 696. The van der Waals surface area contributed by atoms with Gasteiger partial charge in [-0.1, -0.05) is 31.2 Å². The third-order valence-electron chi connectivity index (χ3n) is 3.50. The van der Waals surface area contributed by atoms with Crippen LogP contribution in [-0.2, 0) is 17.4 Å². The number of carbonyl (C=O) groups excluding carboxylic acids is 1. The molecule has 2 aromatic rings. The number of rotatable bonds is 5. The van der Waals surface area contributed by atoms with Crippen LogP contribution in [0.4, 0.5) is 18.9 Å². The lowest BCUT2D eigenvalue weighted by Crippen LogP contribution is -2.31. The van der Waals surface area contributed by atoms with E-state index < -0.39 is 23.8 Å². The summed E-state index contributed by atoms with van der Waals surface area (Å²) in [7, 11) is 0. The van der Waals surface area contributed by atoms with E-state index >= 15 is 0 Å². The predicted octanol–water partition coefficient (Wildman–Crippen LogP) is 4.67. The number of aryl methyl sites for hydroxylation is 1. The first kappa shape index (κ1) is 17.8. The number of para-hydroxylation sites is 1. The van der Waals surface area contributed by atoms with Gasteiger partial charge in [0.1, 0.15) is 5.75 Å². The zero-order valence-corrected chi connectivity index (χ0v) is 13.4. The van der Waals surface area contributed by atoms with E-state index in [4.69, 9.17) is 4.74 Å². The van der Waals surface area contributed by atoms with Crippen LogP contribution in [0.15, 0.2) is 48.5 Å². The fourth-order valence-corrected chi connectivity index (χ4v) is 2.14. The van der Waals surface area contributed by atoms with Gasteiger partial charge in [0.15, 0.2) is 6.10 Å². The maximum Gasteiger partial charge on any atom is 0.418 e.